The summed E-state index contributed by atoms with van der Waals surface area (Å²) >= 11 is 0. The van der Waals surface area contributed by atoms with Gasteiger partial charge >= 0.3 is 0 Å². The first-order valence-corrected chi connectivity index (χ1v) is 6.44. The Balaban J connectivity index is 2.05. The molecule has 1 aromatic rings. The number of nitrogens with zero attached hydrogens (tertiary/aromatic N) is 3. The zero-order chi connectivity index (χ0) is 12.5. The number of likely N-dealkylation sites (tertiary alicyclic amines) is 1. The molecule has 0 aliphatic carbocycles. The van der Waals surface area contributed by atoms with Crippen LogP contribution in [0.1, 0.15) is 38.3 Å². The maximum absolute atomic E-state index is 5.93. The molecule has 1 aliphatic heterocycles. The number of aryl methyl sites for hydroxylation is 1. The van der Waals surface area contributed by atoms with Crippen molar-refractivity contribution in [3.05, 3.63) is 18.0 Å². The molecule has 4 heteroatoms. The van der Waals surface area contributed by atoms with Crippen LogP contribution in [-0.4, -0.2) is 34.3 Å². The lowest BCUT2D eigenvalue weighted by molar-refractivity contribution is 0.0964. The smallest absolute Gasteiger partial charge is 0.0538 e. The van der Waals surface area contributed by atoms with Gasteiger partial charge in [0.2, 0.25) is 0 Å². The van der Waals surface area contributed by atoms with Gasteiger partial charge in [-0.05, 0) is 31.3 Å². The highest BCUT2D eigenvalue weighted by atomic mass is 15.3. The van der Waals surface area contributed by atoms with E-state index in [9.17, 15) is 0 Å². The number of piperidine rings is 1. The lowest BCUT2D eigenvalue weighted by atomic mass is 9.82. The molecule has 1 saturated heterocycles. The van der Waals surface area contributed by atoms with Crippen molar-refractivity contribution in [2.75, 3.05) is 19.6 Å². The van der Waals surface area contributed by atoms with Crippen molar-refractivity contribution in [1.82, 2.24) is 14.7 Å². The molecule has 0 saturated carbocycles. The third-order valence-corrected chi connectivity index (χ3v) is 3.93. The lowest BCUT2D eigenvalue weighted by Crippen LogP contribution is -2.42. The Bertz CT molecular complexity index is 359. The molecular formula is C13H24N4. The Morgan fingerprint density at radius 1 is 1.41 bits per heavy atom. The summed E-state index contributed by atoms with van der Waals surface area (Å²) in [7, 11) is 1.95. The molecule has 1 fully saturated rings. The number of aromatic nitrogens is 2. The van der Waals surface area contributed by atoms with Gasteiger partial charge in [-0.15, -0.1) is 0 Å². The fraction of sp³-hybridized carbons (Fsp3) is 0.769. The van der Waals surface area contributed by atoms with Crippen molar-refractivity contribution in [1.29, 1.82) is 0 Å². The summed E-state index contributed by atoms with van der Waals surface area (Å²) < 4.78 is 1.85. The normalized spacial score (nSPS) is 22.6. The molecule has 0 bridgehead atoms. The van der Waals surface area contributed by atoms with Crippen molar-refractivity contribution in [2.24, 2.45) is 18.2 Å². The second-order valence-electron chi connectivity index (χ2n) is 5.90. The van der Waals surface area contributed by atoms with Crippen LogP contribution < -0.4 is 5.73 Å². The molecule has 2 rings (SSSR count). The monoisotopic (exact) mass is 236 g/mol. The van der Waals surface area contributed by atoms with Crippen LogP contribution in [0.5, 0.6) is 0 Å². The Kier molecular flexibility index (Phi) is 3.54. The third kappa shape index (κ3) is 2.87. The fourth-order valence-corrected chi connectivity index (χ4v) is 2.55. The summed E-state index contributed by atoms with van der Waals surface area (Å²) in [5.74, 6) is 0. The molecule has 96 valence electrons. The van der Waals surface area contributed by atoms with Crippen molar-refractivity contribution >= 4 is 0 Å². The van der Waals surface area contributed by atoms with Crippen LogP contribution >= 0.6 is 0 Å². The minimum atomic E-state index is 0.333. The molecule has 4 nitrogen and oxygen atoms in total. The van der Waals surface area contributed by atoms with E-state index in [0.717, 1.165) is 13.1 Å². The van der Waals surface area contributed by atoms with Crippen LogP contribution in [0, 0.1) is 5.41 Å². The molecule has 1 aromatic heterocycles. The SMILES string of the molecule is Cn1cc(C(CN)N2CCC(C)(C)CC2)cn1. The zero-order valence-electron chi connectivity index (χ0n) is 11.2. The number of nitrogens with two attached hydrogens (primary N) is 1. The Labute approximate surface area is 104 Å². The molecule has 0 aromatic carbocycles. The highest BCUT2D eigenvalue weighted by molar-refractivity contribution is 5.11. The van der Waals surface area contributed by atoms with E-state index >= 15 is 0 Å². The summed E-state index contributed by atoms with van der Waals surface area (Å²) in [5, 5.41) is 4.24. The summed E-state index contributed by atoms with van der Waals surface area (Å²) in [5.41, 5.74) is 7.67. The van der Waals surface area contributed by atoms with Crippen molar-refractivity contribution in [3.63, 3.8) is 0 Å². The van der Waals surface area contributed by atoms with Gasteiger partial charge in [-0.2, -0.15) is 5.10 Å². The second kappa shape index (κ2) is 4.78. The van der Waals surface area contributed by atoms with Crippen LogP contribution in [0.3, 0.4) is 0 Å². The molecular weight excluding hydrogens is 212 g/mol. The van der Waals surface area contributed by atoms with Crippen molar-refractivity contribution in [3.8, 4) is 0 Å². The molecule has 1 unspecified atom stereocenters. The van der Waals surface area contributed by atoms with E-state index in [1.54, 1.807) is 0 Å². The molecule has 1 aliphatic rings. The van der Waals surface area contributed by atoms with E-state index in [-0.39, 0.29) is 0 Å². The van der Waals surface area contributed by atoms with Crippen LogP contribution in [0.2, 0.25) is 0 Å². The number of rotatable bonds is 3. The van der Waals surface area contributed by atoms with Gasteiger partial charge in [-0.3, -0.25) is 9.58 Å². The zero-order valence-corrected chi connectivity index (χ0v) is 11.2. The summed E-state index contributed by atoms with van der Waals surface area (Å²) in [6.07, 6.45) is 6.53. The van der Waals surface area contributed by atoms with Gasteiger partial charge < -0.3 is 5.73 Å². The van der Waals surface area contributed by atoms with Crippen LogP contribution in [-0.2, 0) is 7.05 Å². The van der Waals surface area contributed by atoms with Crippen LogP contribution in [0.15, 0.2) is 12.4 Å². The molecule has 17 heavy (non-hydrogen) atoms. The van der Waals surface area contributed by atoms with Gasteiger partial charge in [0.15, 0.2) is 0 Å². The quantitative estimate of drug-likeness (QED) is 0.866. The minimum absolute atomic E-state index is 0.333. The van der Waals surface area contributed by atoms with Gasteiger partial charge in [0.1, 0.15) is 0 Å². The van der Waals surface area contributed by atoms with Crippen LogP contribution in [0.25, 0.3) is 0 Å². The topological polar surface area (TPSA) is 47.1 Å². The second-order valence-corrected chi connectivity index (χ2v) is 5.90. The van der Waals surface area contributed by atoms with Gasteiger partial charge in [0.25, 0.3) is 0 Å². The Morgan fingerprint density at radius 2 is 2.06 bits per heavy atom. The van der Waals surface area contributed by atoms with E-state index in [0.29, 0.717) is 18.0 Å². The maximum atomic E-state index is 5.93. The standard InChI is InChI=1S/C13H24N4/c1-13(2)4-6-17(7-5-13)12(8-14)11-9-15-16(3)10-11/h9-10,12H,4-8,14H2,1-3H3. The molecule has 2 N–H and O–H groups in total. The van der Waals surface area contributed by atoms with Gasteiger partial charge in [0, 0.05) is 25.4 Å². The largest absolute Gasteiger partial charge is 0.329 e. The number of hydrogen-bond donors (Lipinski definition) is 1. The first-order valence-electron chi connectivity index (χ1n) is 6.44. The molecule has 0 spiro atoms. The predicted molar refractivity (Wildman–Crippen MR) is 69.6 cm³/mol. The molecule has 0 amide bonds. The highest BCUT2D eigenvalue weighted by Crippen LogP contribution is 2.33. The molecule has 0 radical (unpaired) electrons. The predicted octanol–water partition coefficient (Wildman–Crippen LogP) is 1.54. The summed E-state index contributed by atoms with van der Waals surface area (Å²) in [4.78, 5) is 2.50. The van der Waals surface area contributed by atoms with E-state index in [4.69, 9.17) is 5.73 Å². The van der Waals surface area contributed by atoms with Gasteiger partial charge in [0.05, 0.1) is 12.2 Å². The third-order valence-electron chi connectivity index (χ3n) is 3.93. The van der Waals surface area contributed by atoms with Gasteiger partial charge in [-0.1, -0.05) is 13.8 Å². The number of hydrogen-bond acceptors (Lipinski definition) is 3. The van der Waals surface area contributed by atoms with E-state index < -0.39 is 0 Å². The Morgan fingerprint density at radius 3 is 2.53 bits per heavy atom. The highest BCUT2D eigenvalue weighted by Gasteiger charge is 2.29. The van der Waals surface area contributed by atoms with Gasteiger partial charge in [-0.25, -0.2) is 0 Å². The van der Waals surface area contributed by atoms with E-state index in [2.05, 4.69) is 30.0 Å². The minimum Gasteiger partial charge on any atom is -0.329 e. The lowest BCUT2D eigenvalue weighted by Gasteiger charge is -2.40. The molecule has 1 atom stereocenters. The molecule has 2 heterocycles. The first-order chi connectivity index (χ1) is 8.02. The van der Waals surface area contributed by atoms with E-state index in [1.165, 1.54) is 18.4 Å². The van der Waals surface area contributed by atoms with E-state index in [1.807, 2.05) is 17.9 Å². The first kappa shape index (κ1) is 12.6. The summed E-state index contributed by atoms with van der Waals surface area (Å²) in [6.45, 7) is 7.66. The van der Waals surface area contributed by atoms with Crippen molar-refractivity contribution < 1.29 is 0 Å². The fourth-order valence-electron chi connectivity index (χ4n) is 2.55. The average Bonchev–Trinajstić information content (AvgIpc) is 2.68. The van der Waals surface area contributed by atoms with Crippen LogP contribution in [0.4, 0.5) is 0 Å². The summed E-state index contributed by atoms with van der Waals surface area (Å²) in [6, 6.07) is 0.333. The maximum Gasteiger partial charge on any atom is 0.0538 e. The average molecular weight is 236 g/mol. The Hall–Kier alpha value is -0.870. The van der Waals surface area contributed by atoms with Crippen molar-refractivity contribution in [2.45, 2.75) is 32.7 Å².